The quantitative estimate of drug-likeness (QED) is 0.806. The smallest absolute Gasteiger partial charge is 0.139 e. The zero-order valence-corrected chi connectivity index (χ0v) is 12.6. The Labute approximate surface area is 130 Å². The van der Waals surface area contributed by atoms with Gasteiger partial charge in [0.05, 0.1) is 5.52 Å². The van der Waals surface area contributed by atoms with Crippen LogP contribution >= 0.6 is 0 Å². The summed E-state index contributed by atoms with van der Waals surface area (Å²) in [7, 11) is 0. The van der Waals surface area contributed by atoms with Crippen LogP contribution in [0.3, 0.4) is 0 Å². The fraction of sp³-hybridized carbons (Fsp3) is 0.333. The zero-order chi connectivity index (χ0) is 14.8. The second-order valence-corrected chi connectivity index (χ2v) is 6.01. The number of piperidine rings is 1. The number of hydrogen-bond donors (Lipinski definition) is 1. The van der Waals surface area contributed by atoms with Crippen molar-refractivity contribution in [1.82, 2.24) is 19.9 Å². The van der Waals surface area contributed by atoms with E-state index in [2.05, 4.69) is 50.3 Å². The number of rotatable bonds is 3. The van der Waals surface area contributed by atoms with Crippen molar-refractivity contribution in [1.29, 1.82) is 0 Å². The Kier molecular flexibility index (Phi) is 3.60. The highest BCUT2D eigenvalue weighted by molar-refractivity contribution is 5.83. The van der Waals surface area contributed by atoms with Gasteiger partial charge >= 0.3 is 0 Å². The van der Waals surface area contributed by atoms with E-state index in [1.54, 1.807) is 0 Å². The molecule has 3 heterocycles. The molecule has 0 atom stereocenters. The molecular formula is C18H20N4. The average molecular weight is 292 g/mol. The second kappa shape index (κ2) is 5.89. The van der Waals surface area contributed by atoms with Gasteiger partial charge in [-0.05, 0) is 56.1 Å². The minimum atomic E-state index is 0.747. The third-order valence-corrected chi connectivity index (χ3v) is 4.49. The van der Waals surface area contributed by atoms with Gasteiger partial charge in [0, 0.05) is 36.1 Å². The van der Waals surface area contributed by atoms with Crippen LogP contribution in [0.2, 0.25) is 0 Å². The lowest BCUT2D eigenvalue weighted by Crippen LogP contribution is -2.29. The average Bonchev–Trinajstić information content (AvgIpc) is 3.03. The van der Waals surface area contributed by atoms with E-state index in [0.29, 0.717) is 0 Å². The van der Waals surface area contributed by atoms with Gasteiger partial charge in [0.25, 0.3) is 0 Å². The van der Waals surface area contributed by atoms with Crippen molar-refractivity contribution in [3.05, 3.63) is 48.9 Å². The van der Waals surface area contributed by atoms with Crippen LogP contribution in [0, 0.1) is 5.92 Å². The first-order valence-corrected chi connectivity index (χ1v) is 7.97. The first-order chi connectivity index (χ1) is 10.9. The van der Waals surface area contributed by atoms with Crippen molar-refractivity contribution in [2.75, 3.05) is 13.1 Å². The van der Waals surface area contributed by atoms with Gasteiger partial charge < -0.3 is 9.88 Å². The van der Waals surface area contributed by atoms with Crippen LogP contribution in [0.1, 0.15) is 12.8 Å². The molecule has 1 aliphatic rings. The minimum Gasteiger partial charge on any atom is -0.331 e. The molecule has 4 nitrogen and oxygen atoms in total. The molecular weight excluding hydrogens is 272 g/mol. The number of benzene rings is 1. The molecule has 1 N–H and O–H groups in total. The molecule has 3 aromatic rings. The number of fused-ring (bicyclic) bond motifs is 1. The summed E-state index contributed by atoms with van der Waals surface area (Å²) in [4.78, 5) is 8.97. The second-order valence-electron chi connectivity index (χ2n) is 6.01. The van der Waals surface area contributed by atoms with Crippen LogP contribution in [-0.4, -0.2) is 27.6 Å². The maximum Gasteiger partial charge on any atom is 0.139 e. The number of nitrogens with one attached hydrogen (secondary N) is 1. The third-order valence-electron chi connectivity index (χ3n) is 4.49. The van der Waals surface area contributed by atoms with E-state index < -0.39 is 0 Å². The first kappa shape index (κ1) is 13.5. The van der Waals surface area contributed by atoms with Crippen LogP contribution in [0.4, 0.5) is 0 Å². The molecule has 112 valence electrons. The molecule has 0 bridgehead atoms. The van der Waals surface area contributed by atoms with Crippen molar-refractivity contribution < 1.29 is 0 Å². The highest BCUT2D eigenvalue weighted by atomic mass is 15.1. The molecule has 22 heavy (non-hydrogen) atoms. The van der Waals surface area contributed by atoms with Gasteiger partial charge in [0.15, 0.2) is 0 Å². The predicted molar refractivity (Wildman–Crippen MR) is 88.6 cm³/mol. The summed E-state index contributed by atoms with van der Waals surface area (Å²) in [6, 6.07) is 10.5. The van der Waals surface area contributed by atoms with Gasteiger partial charge in [0.2, 0.25) is 0 Å². The van der Waals surface area contributed by atoms with Crippen molar-refractivity contribution in [2.24, 2.45) is 5.92 Å². The monoisotopic (exact) mass is 292 g/mol. The lowest BCUT2D eigenvalue weighted by atomic mass is 9.98. The molecule has 1 saturated heterocycles. The minimum absolute atomic E-state index is 0.747. The molecule has 0 saturated carbocycles. The van der Waals surface area contributed by atoms with Crippen LogP contribution in [-0.2, 0) is 6.54 Å². The summed E-state index contributed by atoms with van der Waals surface area (Å²) in [6.07, 6.45) is 8.34. The summed E-state index contributed by atoms with van der Waals surface area (Å²) >= 11 is 0. The Balaban J connectivity index is 1.65. The molecule has 4 rings (SSSR count). The molecule has 0 spiro atoms. The van der Waals surface area contributed by atoms with Crippen LogP contribution in [0.5, 0.6) is 0 Å². The molecule has 1 fully saturated rings. The van der Waals surface area contributed by atoms with Gasteiger partial charge in [-0.1, -0.05) is 6.07 Å². The van der Waals surface area contributed by atoms with E-state index >= 15 is 0 Å². The van der Waals surface area contributed by atoms with E-state index in [-0.39, 0.29) is 0 Å². The van der Waals surface area contributed by atoms with E-state index in [4.69, 9.17) is 0 Å². The van der Waals surface area contributed by atoms with Gasteiger partial charge in [0.1, 0.15) is 5.82 Å². The molecule has 0 unspecified atom stereocenters. The first-order valence-electron chi connectivity index (χ1n) is 7.97. The van der Waals surface area contributed by atoms with Gasteiger partial charge in [-0.15, -0.1) is 0 Å². The topological polar surface area (TPSA) is 42.7 Å². The molecule has 1 aromatic carbocycles. The third kappa shape index (κ3) is 2.62. The van der Waals surface area contributed by atoms with Crippen LogP contribution < -0.4 is 5.32 Å². The standard InChI is InChI=1S/C18H20N4/c1-2-15-12-16(3-4-17(15)20-7-1)18-21-10-11-22(18)13-14-5-8-19-9-6-14/h1-4,7,10-12,14,19H,5-6,8-9,13H2. The van der Waals surface area contributed by atoms with E-state index in [9.17, 15) is 0 Å². The molecule has 0 aliphatic carbocycles. The predicted octanol–water partition coefficient (Wildman–Crippen LogP) is 3.10. The highest BCUT2D eigenvalue weighted by Crippen LogP contribution is 2.24. The summed E-state index contributed by atoms with van der Waals surface area (Å²) in [5, 5.41) is 4.59. The Morgan fingerprint density at radius 2 is 2.00 bits per heavy atom. The molecule has 2 aromatic heterocycles. The van der Waals surface area contributed by atoms with Crippen LogP contribution in [0.25, 0.3) is 22.3 Å². The van der Waals surface area contributed by atoms with Crippen molar-refractivity contribution in [3.8, 4) is 11.4 Å². The lowest BCUT2D eigenvalue weighted by molar-refractivity contribution is 0.334. The Hall–Kier alpha value is -2.20. The van der Waals surface area contributed by atoms with Crippen molar-refractivity contribution >= 4 is 10.9 Å². The number of nitrogens with zero attached hydrogens (tertiary/aromatic N) is 3. The van der Waals surface area contributed by atoms with E-state index in [1.807, 2.05) is 18.5 Å². The Morgan fingerprint density at radius 1 is 1.09 bits per heavy atom. The SMILES string of the molecule is c1cnc2ccc(-c3nccn3CC3CCNCC3)cc2c1. The van der Waals surface area contributed by atoms with Crippen LogP contribution in [0.15, 0.2) is 48.9 Å². The summed E-state index contributed by atoms with van der Waals surface area (Å²) in [5.74, 6) is 1.81. The summed E-state index contributed by atoms with van der Waals surface area (Å²) in [6.45, 7) is 3.33. The largest absolute Gasteiger partial charge is 0.331 e. The van der Waals surface area contributed by atoms with Gasteiger partial charge in [-0.3, -0.25) is 4.98 Å². The molecule has 1 aliphatic heterocycles. The zero-order valence-electron chi connectivity index (χ0n) is 12.6. The highest BCUT2D eigenvalue weighted by Gasteiger charge is 2.15. The number of aromatic nitrogens is 3. The number of pyridine rings is 1. The summed E-state index contributed by atoms with van der Waals surface area (Å²) < 4.78 is 2.30. The summed E-state index contributed by atoms with van der Waals surface area (Å²) in [5.41, 5.74) is 2.20. The maximum absolute atomic E-state index is 4.59. The van der Waals surface area contributed by atoms with E-state index in [0.717, 1.165) is 42.3 Å². The van der Waals surface area contributed by atoms with Crippen molar-refractivity contribution in [3.63, 3.8) is 0 Å². The normalized spacial score (nSPS) is 16.2. The lowest BCUT2D eigenvalue weighted by Gasteiger charge is -2.23. The number of hydrogen-bond acceptors (Lipinski definition) is 3. The van der Waals surface area contributed by atoms with Crippen molar-refractivity contribution in [2.45, 2.75) is 19.4 Å². The van der Waals surface area contributed by atoms with E-state index in [1.165, 1.54) is 18.4 Å². The Morgan fingerprint density at radius 3 is 2.91 bits per heavy atom. The molecule has 0 amide bonds. The maximum atomic E-state index is 4.59. The fourth-order valence-electron chi connectivity index (χ4n) is 3.27. The Bertz CT molecular complexity index is 771. The molecule has 0 radical (unpaired) electrons. The number of imidazole rings is 1. The molecule has 4 heteroatoms. The van der Waals surface area contributed by atoms with Gasteiger partial charge in [-0.2, -0.15) is 0 Å². The van der Waals surface area contributed by atoms with Gasteiger partial charge in [-0.25, -0.2) is 4.98 Å². The fourth-order valence-corrected chi connectivity index (χ4v) is 3.27.